The molecule has 0 bridgehead atoms. The summed E-state index contributed by atoms with van der Waals surface area (Å²) in [5, 5.41) is 8.48. The number of benzene rings is 1. The third-order valence-corrected chi connectivity index (χ3v) is 1.91. The van der Waals surface area contributed by atoms with Crippen LogP contribution >= 0.6 is 0 Å². The molecule has 0 amide bonds. The van der Waals surface area contributed by atoms with Crippen LogP contribution in [0.15, 0.2) is 24.3 Å². The van der Waals surface area contributed by atoms with Gasteiger partial charge in [0.05, 0.1) is 19.8 Å². The third kappa shape index (κ3) is 4.29. The van der Waals surface area contributed by atoms with Gasteiger partial charge in [0.2, 0.25) is 0 Å². The van der Waals surface area contributed by atoms with Gasteiger partial charge in [-0.1, -0.05) is 18.2 Å². The maximum Gasteiger partial charge on any atom is 0.123 e. The highest BCUT2D eigenvalue weighted by atomic mass is 16.5. The Hall–Kier alpha value is -1.10. The predicted octanol–water partition coefficient (Wildman–Crippen LogP) is 0.533. The minimum absolute atomic E-state index is 0.0411. The van der Waals surface area contributed by atoms with Gasteiger partial charge >= 0.3 is 0 Å². The average molecular weight is 211 g/mol. The SMILES string of the molecule is NCc1ccccc1OCCOCCO. The van der Waals surface area contributed by atoms with Crippen molar-refractivity contribution in [3.63, 3.8) is 0 Å². The Morgan fingerprint density at radius 2 is 1.93 bits per heavy atom. The van der Waals surface area contributed by atoms with Crippen molar-refractivity contribution in [3.8, 4) is 5.75 Å². The highest BCUT2D eigenvalue weighted by Crippen LogP contribution is 2.16. The summed E-state index contributed by atoms with van der Waals surface area (Å²) in [4.78, 5) is 0. The molecular formula is C11H17NO3. The number of hydrogen-bond acceptors (Lipinski definition) is 4. The molecule has 0 aliphatic heterocycles. The van der Waals surface area contributed by atoms with E-state index >= 15 is 0 Å². The van der Waals surface area contributed by atoms with E-state index in [9.17, 15) is 0 Å². The van der Waals surface area contributed by atoms with E-state index in [0.717, 1.165) is 11.3 Å². The standard InChI is InChI=1S/C11H17NO3/c12-9-10-3-1-2-4-11(10)15-8-7-14-6-5-13/h1-4,13H,5-9,12H2. The summed E-state index contributed by atoms with van der Waals surface area (Å²) >= 11 is 0. The van der Waals surface area contributed by atoms with Crippen LogP contribution in [0.25, 0.3) is 0 Å². The van der Waals surface area contributed by atoms with Crippen LogP contribution in [0.4, 0.5) is 0 Å². The van der Waals surface area contributed by atoms with Crippen LogP contribution in [0, 0.1) is 0 Å². The van der Waals surface area contributed by atoms with Crippen molar-refractivity contribution in [1.82, 2.24) is 0 Å². The molecule has 0 spiro atoms. The Bertz CT molecular complexity index is 278. The van der Waals surface area contributed by atoms with E-state index in [1.165, 1.54) is 0 Å². The highest BCUT2D eigenvalue weighted by Gasteiger charge is 1.99. The Balaban J connectivity index is 2.30. The van der Waals surface area contributed by atoms with Gasteiger partial charge in [0.25, 0.3) is 0 Å². The van der Waals surface area contributed by atoms with Crippen molar-refractivity contribution in [2.75, 3.05) is 26.4 Å². The highest BCUT2D eigenvalue weighted by molar-refractivity contribution is 5.32. The fourth-order valence-electron chi connectivity index (χ4n) is 1.19. The second-order valence-corrected chi connectivity index (χ2v) is 3.00. The number of para-hydroxylation sites is 1. The number of nitrogens with two attached hydrogens (primary N) is 1. The zero-order chi connectivity index (χ0) is 10.9. The maximum absolute atomic E-state index is 8.48. The molecule has 0 aliphatic rings. The quantitative estimate of drug-likeness (QED) is 0.646. The van der Waals surface area contributed by atoms with Crippen molar-refractivity contribution in [2.45, 2.75) is 6.54 Å². The largest absolute Gasteiger partial charge is 0.491 e. The molecule has 0 fully saturated rings. The summed E-state index contributed by atoms with van der Waals surface area (Å²) in [7, 11) is 0. The van der Waals surface area contributed by atoms with Gasteiger partial charge in [0.15, 0.2) is 0 Å². The van der Waals surface area contributed by atoms with Gasteiger partial charge in [-0.3, -0.25) is 0 Å². The van der Waals surface area contributed by atoms with Gasteiger partial charge in [-0.2, -0.15) is 0 Å². The minimum atomic E-state index is 0.0411. The van der Waals surface area contributed by atoms with E-state index in [1.54, 1.807) is 0 Å². The molecule has 4 heteroatoms. The molecule has 0 radical (unpaired) electrons. The van der Waals surface area contributed by atoms with Gasteiger partial charge < -0.3 is 20.3 Å². The van der Waals surface area contributed by atoms with Crippen LogP contribution in [-0.4, -0.2) is 31.5 Å². The molecule has 3 N–H and O–H groups in total. The molecule has 0 unspecified atom stereocenters. The van der Waals surface area contributed by atoms with Gasteiger partial charge in [-0.05, 0) is 6.07 Å². The molecule has 0 heterocycles. The average Bonchev–Trinajstić information content (AvgIpc) is 2.29. The topological polar surface area (TPSA) is 64.7 Å². The summed E-state index contributed by atoms with van der Waals surface area (Å²) in [6.45, 7) is 1.80. The molecule has 0 saturated heterocycles. The molecule has 0 aliphatic carbocycles. The number of aliphatic hydroxyl groups is 1. The first-order chi connectivity index (χ1) is 7.38. The molecular weight excluding hydrogens is 194 g/mol. The van der Waals surface area contributed by atoms with Crippen LogP contribution in [0.1, 0.15) is 5.56 Å². The number of aliphatic hydroxyl groups excluding tert-OH is 1. The first kappa shape index (κ1) is 12.0. The van der Waals surface area contributed by atoms with Crippen LogP contribution in [0.3, 0.4) is 0 Å². The van der Waals surface area contributed by atoms with Gasteiger partial charge in [-0.15, -0.1) is 0 Å². The van der Waals surface area contributed by atoms with Crippen LogP contribution in [-0.2, 0) is 11.3 Å². The van der Waals surface area contributed by atoms with Gasteiger partial charge in [-0.25, -0.2) is 0 Å². The van der Waals surface area contributed by atoms with E-state index in [4.69, 9.17) is 20.3 Å². The molecule has 1 aromatic carbocycles. The second-order valence-electron chi connectivity index (χ2n) is 3.00. The Morgan fingerprint density at radius 1 is 1.13 bits per heavy atom. The predicted molar refractivity (Wildman–Crippen MR) is 57.7 cm³/mol. The van der Waals surface area contributed by atoms with E-state index in [0.29, 0.717) is 26.4 Å². The monoisotopic (exact) mass is 211 g/mol. The fourth-order valence-corrected chi connectivity index (χ4v) is 1.19. The lowest BCUT2D eigenvalue weighted by molar-refractivity contribution is 0.0703. The van der Waals surface area contributed by atoms with Gasteiger partial charge in [0.1, 0.15) is 12.4 Å². The van der Waals surface area contributed by atoms with Crippen LogP contribution in [0.5, 0.6) is 5.75 Å². The van der Waals surface area contributed by atoms with Crippen molar-refractivity contribution in [2.24, 2.45) is 5.73 Å². The van der Waals surface area contributed by atoms with Crippen molar-refractivity contribution in [1.29, 1.82) is 0 Å². The zero-order valence-electron chi connectivity index (χ0n) is 8.69. The Kier molecular flexibility index (Phi) is 5.77. The third-order valence-electron chi connectivity index (χ3n) is 1.91. The Labute approximate surface area is 89.6 Å². The number of hydrogen-bond donors (Lipinski definition) is 2. The van der Waals surface area contributed by atoms with Crippen molar-refractivity contribution < 1.29 is 14.6 Å². The van der Waals surface area contributed by atoms with E-state index in [2.05, 4.69) is 0 Å². The van der Waals surface area contributed by atoms with Crippen LogP contribution < -0.4 is 10.5 Å². The summed E-state index contributed by atoms with van der Waals surface area (Å²) < 4.78 is 10.6. The van der Waals surface area contributed by atoms with Gasteiger partial charge in [0, 0.05) is 12.1 Å². The summed E-state index contributed by atoms with van der Waals surface area (Å²) in [5.74, 6) is 0.799. The lowest BCUT2D eigenvalue weighted by Gasteiger charge is -2.09. The molecule has 0 atom stereocenters. The first-order valence-corrected chi connectivity index (χ1v) is 4.98. The Morgan fingerprint density at radius 3 is 2.67 bits per heavy atom. The minimum Gasteiger partial charge on any atom is -0.491 e. The number of rotatable bonds is 7. The molecule has 4 nitrogen and oxygen atoms in total. The van der Waals surface area contributed by atoms with E-state index in [-0.39, 0.29) is 6.61 Å². The second kappa shape index (κ2) is 7.23. The summed E-state index contributed by atoms with van der Waals surface area (Å²) in [6, 6.07) is 7.65. The molecule has 0 saturated carbocycles. The van der Waals surface area contributed by atoms with Crippen molar-refractivity contribution in [3.05, 3.63) is 29.8 Å². The summed E-state index contributed by atoms with van der Waals surface area (Å²) in [5.41, 5.74) is 6.54. The molecule has 84 valence electrons. The van der Waals surface area contributed by atoms with E-state index in [1.807, 2.05) is 24.3 Å². The molecule has 15 heavy (non-hydrogen) atoms. The zero-order valence-corrected chi connectivity index (χ0v) is 8.69. The maximum atomic E-state index is 8.48. The van der Waals surface area contributed by atoms with Crippen LogP contribution in [0.2, 0.25) is 0 Å². The number of ether oxygens (including phenoxy) is 2. The molecule has 0 aromatic heterocycles. The smallest absolute Gasteiger partial charge is 0.123 e. The normalized spacial score (nSPS) is 10.3. The lowest BCUT2D eigenvalue weighted by Crippen LogP contribution is -2.10. The molecule has 1 aromatic rings. The molecule has 1 rings (SSSR count). The lowest BCUT2D eigenvalue weighted by atomic mass is 10.2. The first-order valence-electron chi connectivity index (χ1n) is 4.98. The van der Waals surface area contributed by atoms with E-state index < -0.39 is 0 Å². The fraction of sp³-hybridized carbons (Fsp3) is 0.455. The van der Waals surface area contributed by atoms with Crippen molar-refractivity contribution >= 4 is 0 Å². The summed E-state index contributed by atoms with van der Waals surface area (Å²) in [6.07, 6.45) is 0.